The topological polar surface area (TPSA) is 87.2 Å². The first-order valence-corrected chi connectivity index (χ1v) is 7.60. The van der Waals surface area contributed by atoms with Gasteiger partial charge in [0, 0.05) is 12.6 Å². The van der Waals surface area contributed by atoms with Crippen molar-refractivity contribution in [3.63, 3.8) is 0 Å². The van der Waals surface area contributed by atoms with Crippen LogP contribution in [0.3, 0.4) is 0 Å². The highest BCUT2D eigenvalue weighted by Gasteiger charge is 2.13. The quantitative estimate of drug-likeness (QED) is 0.684. The first-order chi connectivity index (χ1) is 11.5. The van der Waals surface area contributed by atoms with Gasteiger partial charge >= 0.3 is 5.97 Å². The van der Waals surface area contributed by atoms with E-state index in [4.69, 9.17) is 9.26 Å². The van der Waals surface area contributed by atoms with E-state index in [1.165, 1.54) is 0 Å². The van der Waals surface area contributed by atoms with Crippen molar-refractivity contribution in [1.29, 1.82) is 0 Å². The predicted molar refractivity (Wildman–Crippen MR) is 86.8 cm³/mol. The molecule has 1 aromatic carbocycles. The number of hydrogen-bond donors (Lipinski definition) is 0. The standard InChI is InChI=1S/C17H17N3O4/c1-4-20-15-6-5-12(8-14(15)18-11(3)16(20)21)17(22)23-9-13-7-10(2)24-19-13/h5-8H,4,9H2,1-3H3. The van der Waals surface area contributed by atoms with Gasteiger partial charge in [0.25, 0.3) is 5.56 Å². The van der Waals surface area contributed by atoms with Crippen LogP contribution in [0.5, 0.6) is 0 Å². The number of fused-ring (bicyclic) bond motifs is 1. The second kappa shape index (κ2) is 6.27. The van der Waals surface area contributed by atoms with Crippen molar-refractivity contribution in [3.05, 3.63) is 57.3 Å². The Kier molecular flexibility index (Phi) is 4.16. The molecule has 2 heterocycles. The van der Waals surface area contributed by atoms with E-state index in [-0.39, 0.29) is 12.2 Å². The molecule has 0 spiro atoms. The van der Waals surface area contributed by atoms with E-state index in [0.29, 0.717) is 40.3 Å². The Morgan fingerprint density at radius 3 is 2.75 bits per heavy atom. The van der Waals surface area contributed by atoms with Crippen LogP contribution in [0, 0.1) is 13.8 Å². The summed E-state index contributed by atoms with van der Waals surface area (Å²) in [5.74, 6) is 0.176. The van der Waals surface area contributed by atoms with Gasteiger partial charge in [0.15, 0.2) is 0 Å². The summed E-state index contributed by atoms with van der Waals surface area (Å²) in [6, 6.07) is 6.67. The molecule has 0 unspecified atom stereocenters. The van der Waals surface area contributed by atoms with E-state index in [9.17, 15) is 9.59 Å². The molecule has 0 aliphatic rings. The third kappa shape index (κ3) is 2.92. The maximum Gasteiger partial charge on any atom is 0.338 e. The summed E-state index contributed by atoms with van der Waals surface area (Å²) in [6.07, 6.45) is 0. The van der Waals surface area contributed by atoms with Crippen LogP contribution in [0.25, 0.3) is 11.0 Å². The van der Waals surface area contributed by atoms with Crippen LogP contribution in [-0.4, -0.2) is 20.7 Å². The Labute approximate surface area is 137 Å². The van der Waals surface area contributed by atoms with Gasteiger partial charge in [0.1, 0.15) is 23.8 Å². The van der Waals surface area contributed by atoms with Crippen molar-refractivity contribution in [2.45, 2.75) is 33.9 Å². The Hall–Kier alpha value is -2.96. The number of ether oxygens (including phenoxy) is 1. The summed E-state index contributed by atoms with van der Waals surface area (Å²) >= 11 is 0. The molecule has 0 aliphatic heterocycles. The van der Waals surface area contributed by atoms with E-state index in [1.54, 1.807) is 42.7 Å². The van der Waals surface area contributed by atoms with Crippen molar-refractivity contribution < 1.29 is 14.1 Å². The van der Waals surface area contributed by atoms with Gasteiger partial charge < -0.3 is 13.8 Å². The summed E-state index contributed by atoms with van der Waals surface area (Å²) in [4.78, 5) is 28.6. The number of hydrogen-bond acceptors (Lipinski definition) is 6. The number of aromatic nitrogens is 3. The number of aryl methyl sites for hydroxylation is 3. The Bertz CT molecular complexity index is 972. The van der Waals surface area contributed by atoms with Crippen molar-refractivity contribution >= 4 is 17.0 Å². The van der Waals surface area contributed by atoms with Crippen molar-refractivity contribution in [3.8, 4) is 0 Å². The number of nitrogens with zero attached hydrogens (tertiary/aromatic N) is 3. The lowest BCUT2D eigenvalue weighted by atomic mass is 10.2. The molecule has 0 atom stereocenters. The molecule has 124 valence electrons. The normalized spacial score (nSPS) is 11.0. The van der Waals surface area contributed by atoms with E-state index >= 15 is 0 Å². The minimum atomic E-state index is -0.480. The molecule has 3 aromatic rings. The van der Waals surface area contributed by atoms with Gasteiger partial charge in [0.2, 0.25) is 0 Å². The molecule has 2 aromatic heterocycles. The molecule has 7 heteroatoms. The first-order valence-electron chi connectivity index (χ1n) is 7.60. The van der Waals surface area contributed by atoms with Gasteiger partial charge in [-0.3, -0.25) is 4.79 Å². The lowest BCUT2D eigenvalue weighted by molar-refractivity contribution is 0.0464. The lowest BCUT2D eigenvalue weighted by Gasteiger charge is -2.10. The van der Waals surface area contributed by atoms with Crippen molar-refractivity contribution in [2.24, 2.45) is 0 Å². The number of carbonyl (C=O) groups excluding carboxylic acids is 1. The summed E-state index contributed by atoms with van der Waals surface area (Å²) in [5, 5.41) is 3.77. The van der Waals surface area contributed by atoms with E-state index < -0.39 is 5.97 Å². The Morgan fingerprint density at radius 2 is 2.08 bits per heavy atom. The molecular formula is C17H17N3O4. The molecule has 0 amide bonds. The molecule has 0 aliphatic carbocycles. The fourth-order valence-electron chi connectivity index (χ4n) is 2.52. The van der Waals surface area contributed by atoms with E-state index in [2.05, 4.69) is 10.1 Å². The van der Waals surface area contributed by atoms with Gasteiger partial charge in [-0.25, -0.2) is 9.78 Å². The number of esters is 1. The fraction of sp³-hybridized carbons (Fsp3) is 0.294. The van der Waals surface area contributed by atoms with Gasteiger partial charge in [-0.05, 0) is 39.0 Å². The molecule has 7 nitrogen and oxygen atoms in total. The third-order valence-corrected chi connectivity index (χ3v) is 3.69. The van der Waals surface area contributed by atoms with Crippen LogP contribution in [0.1, 0.15) is 34.4 Å². The number of benzene rings is 1. The Balaban J connectivity index is 1.88. The molecule has 0 N–H and O–H groups in total. The summed E-state index contributed by atoms with van der Waals surface area (Å²) in [6.45, 7) is 5.89. The minimum Gasteiger partial charge on any atom is -0.455 e. The largest absolute Gasteiger partial charge is 0.455 e. The SMILES string of the molecule is CCn1c(=O)c(C)nc2cc(C(=O)OCc3cc(C)on3)ccc21. The zero-order valence-corrected chi connectivity index (χ0v) is 13.7. The monoisotopic (exact) mass is 327 g/mol. The van der Waals surface area contributed by atoms with E-state index in [1.807, 2.05) is 6.92 Å². The third-order valence-electron chi connectivity index (χ3n) is 3.69. The molecule has 24 heavy (non-hydrogen) atoms. The fourth-order valence-corrected chi connectivity index (χ4v) is 2.52. The summed E-state index contributed by atoms with van der Waals surface area (Å²) in [5.41, 5.74) is 2.47. The maximum atomic E-state index is 12.2. The first kappa shape index (κ1) is 15.9. The number of rotatable bonds is 4. The maximum absolute atomic E-state index is 12.2. The second-order valence-electron chi connectivity index (χ2n) is 5.46. The molecule has 0 radical (unpaired) electrons. The molecule has 0 bridgehead atoms. The summed E-state index contributed by atoms with van der Waals surface area (Å²) < 4.78 is 11.8. The molecule has 0 saturated heterocycles. The smallest absolute Gasteiger partial charge is 0.338 e. The van der Waals surface area contributed by atoms with Gasteiger partial charge in [-0.2, -0.15) is 0 Å². The minimum absolute atomic E-state index is 0.0368. The van der Waals surface area contributed by atoms with Gasteiger partial charge in [0.05, 0.1) is 16.6 Å². The van der Waals surface area contributed by atoms with Crippen LogP contribution in [0.4, 0.5) is 0 Å². The molecule has 3 rings (SSSR count). The average Bonchev–Trinajstić information content (AvgIpc) is 2.99. The zero-order chi connectivity index (χ0) is 17.3. The zero-order valence-electron chi connectivity index (χ0n) is 13.7. The highest BCUT2D eigenvalue weighted by atomic mass is 16.5. The van der Waals surface area contributed by atoms with Crippen LogP contribution in [-0.2, 0) is 17.9 Å². The number of carbonyl (C=O) groups is 1. The van der Waals surface area contributed by atoms with Gasteiger partial charge in [-0.15, -0.1) is 0 Å². The van der Waals surface area contributed by atoms with Gasteiger partial charge in [-0.1, -0.05) is 5.16 Å². The van der Waals surface area contributed by atoms with Crippen LogP contribution >= 0.6 is 0 Å². The van der Waals surface area contributed by atoms with Crippen molar-refractivity contribution in [2.75, 3.05) is 0 Å². The summed E-state index contributed by atoms with van der Waals surface area (Å²) in [7, 11) is 0. The van der Waals surface area contributed by atoms with Crippen LogP contribution < -0.4 is 5.56 Å². The highest BCUT2D eigenvalue weighted by molar-refractivity contribution is 5.93. The average molecular weight is 327 g/mol. The van der Waals surface area contributed by atoms with E-state index in [0.717, 1.165) is 0 Å². The molecule has 0 saturated carbocycles. The molecule has 0 fully saturated rings. The lowest BCUT2D eigenvalue weighted by Crippen LogP contribution is -2.23. The molecular weight excluding hydrogens is 310 g/mol. The Morgan fingerprint density at radius 1 is 1.29 bits per heavy atom. The van der Waals surface area contributed by atoms with Crippen molar-refractivity contribution in [1.82, 2.24) is 14.7 Å². The van der Waals surface area contributed by atoms with Crippen LogP contribution in [0.15, 0.2) is 33.6 Å². The highest BCUT2D eigenvalue weighted by Crippen LogP contribution is 2.15. The van der Waals surface area contributed by atoms with Crippen LogP contribution in [0.2, 0.25) is 0 Å². The predicted octanol–water partition coefficient (Wildman–Crippen LogP) is 2.38. The second-order valence-corrected chi connectivity index (χ2v) is 5.46.